The summed E-state index contributed by atoms with van der Waals surface area (Å²) in [6.07, 6.45) is 1.09. The molecule has 0 atom stereocenters. The third kappa shape index (κ3) is 3.65. The Bertz CT molecular complexity index is 927. The fourth-order valence-electron chi connectivity index (χ4n) is 3.02. The van der Waals surface area contributed by atoms with E-state index < -0.39 is 0 Å². The Kier molecular flexibility index (Phi) is 5.42. The fourth-order valence-corrected chi connectivity index (χ4v) is 3.72. The summed E-state index contributed by atoms with van der Waals surface area (Å²) < 4.78 is 7.48. The largest absolute Gasteiger partial charge is 0.497 e. The zero-order chi connectivity index (χ0) is 18.7. The molecule has 0 aliphatic rings. The van der Waals surface area contributed by atoms with Crippen LogP contribution in [-0.2, 0) is 6.54 Å². The minimum atomic E-state index is -0.193. The van der Waals surface area contributed by atoms with Crippen molar-refractivity contribution < 1.29 is 9.53 Å². The Morgan fingerprint density at radius 2 is 2.12 bits per heavy atom. The first kappa shape index (κ1) is 18.2. The number of hydrogen-bond donors (Lipinski definition) is 1. The maximum Gasteiger partial charge on any atom is 0.257 e. The molecule has 0 fully saturated rings. The van der Waals surface area contributed by atoms with Gasteiger partial charge in [0.1, 0.15) is 5.75 Å². The summed E-state index contributed by atoms with van der Waals surface area (Å²) in [4.78, 5) is 17.0. The van der Waals surface area contributed by atoms with Gasteiger partial charge in [0, 0.05) is 34.4 Å². The number of ether oxygens (including phenoxy) is 1. The molecular weight excluding hydrogens is 346 g/mol. The number of rotatable bonds is 6. The maximum atomic E-state index is 12.4. The highest BCUT2D eigenvalue weighted by Crippen LogP contribution is 2.30. The lowest BCUT2D eigenvalue weighted by Gasteiger charge is -2.07. The molecule has 0 radical (unpaired) electrons. The van der Waals surface area contributed by atoms with Crippen molar-refractivity contribution in [3.05, 3.63) is 52.7 Å². The molecule has 1 N–H and O–H groups in total. The van der Waals surface area contributed by atoms with Crippen molar-refractivity contribution in [2.75, 3.05) is 12.4 Å². The highest BCUT2D eigenvalue weighted by molar-refractivity contribution is 7.14. The molecule has 0 spiro atoms. The molecule has 1 amide bonds. The van der Waals surface area contributed by atoms with Crippen molar-refractivity contribution in [2.45, 2.75) is 33.7 Å². The van der Waals surface area contributed by atoms with Crippen molar-refractivity contribution in [2.24, 2.45) is 0 Å². The number of nitrogens with one attached hydrogen (secondary N) is 1. The second-order valence-electron chi connectivity index (χ2n) is 6.16. The van der Waals surface area contributed by atoms with Gasteiger partial charge in [-0.1, -0.05) is 13.0 Å². The second kappa shape index (κ2) is 7.74. The number of anilines is 1. The van der Waals surface area contributed by atoms with Gasteiger partial charge in [0.25, 0.3) is 5.91 Å². The Morgan fingerprint density at radius 3 is 2.85 bits per heavy atom. The Labute approximate surface area is 157 Å². The summed E-state index contributed by atoms with van der Waals surface area (Å²) in [5.74, 6) is 0.460. The van der Waals surface area contributed by atoms with Crippen LogP contribution in [-0.4, -0.2) is 22.6 Å². The molecule has 0 saturated carbocycles. The van der Waals surface area contributed by atoms with Crippen LogP contribution >= 0.6 is 11.3 Å². The van der Waals surface area contributed by atoms with Gasteiger partial charge in [-0.2, -0.15) is 0 Å². The highest BCUT2D eigenvalue weighted by atomic mass is 32.1. The number of aryl methyl sites for hydroxylation is 1. The summed E-state index contributed by atoms with van der Waals surface area (Å²) in [7, 11) is 1.58. The average molecular weight is 369 g/mol. The summed E-state index contributed by atoms with van der Waals surface area (Å²) in [5.41, 5.74) is 5.00. The molecule has 3 rings (SSSR count). The molecule has 1 aromatic carbocycles. The minimum absolute atomic E-state index is 0.193. The van der Waals surface area contributed by atoms with E-state index in [1.807, 2.05) is 11.4 Å². The summed E-state index contributed by atoms with van der Waals surface area (Å²) in [6.45, 7) is 7.41. The van der Waals surface area contributed by atoms with Gasteiger partial charge in [0.15, 0.2) is 5.13 Å². The molecule has 3 aromatic rings. The number of benzene rings is 1. The van der Waals surface area contributed by atoms with Gasteiger partial charge in [-0.3, -0.25) is 10.1 Å². The molecular formula is C20H23N3O2S. The predicted octanol–water partition coefficient (Wildman–Crippen LogP) is 4.90. The summed E-state index contributed by atoms with van der Waals surface area (Å²) in [6, 6.07) is 9.23. The van der Waals surface area contributed by atoms with Crippen LogP contribution in [0.15, 0.2) is 35.7 Å². The topological polar surface area (TPSA) is 56.2 Å². The first-order valence-corrected chi connectivity index (χ1v) is 9.49. The molecule has 0 bridgehead atoms. The van der Waals surface area contributed by atoms with Crippen molar-refractivity contribution in [3.8, 4) is 17.0 Å². The van der Waals surface area contributed by atoms with Crippen LogP contribution in [0.3, 0.4) is 0 Å². The number of thiazole rings is 1. The van der Waals surface area contributed by atoms with Crippen molar-refractivity contribution >= 4 is 22.4 Å². The van der Waals surface area contributed by atoms with E-state index in [0.29, 0.717) is 16.4 Å². The molecule has 0 aliphatic carbocycles. The van der Waals surface area contributed by atoms with Gasteiger partial charge >= 0.3 is 0 Å². The first-order chi connectivity index (χ1) is 12.5. The van der Waals surface area contributed by atoms with Crippen LogP contribution in [0.5, 0.6) is 5.75 Å². The van der Waals surface area contributed by atoms with Gasteiger partial charge in [-0.15, -0.1) is 11.3 Å². The van der Waals surface area contributed by atoms with Gasteiger partial charge in [-0.25, -0.2) is 4.98 Å². The Balaban J connectivity index is 1.80. The molecule has 2 heterocycles. The quantitative estimate of drug-likeness (QED) is 0.672. The number of hydrogen-bond acceptors (Lipinski definition) is 4. The van der Waals surface area contributed by atoms with Crippen molar-refractivity contribution in [3.63, 3.8) is 0 Å². The lowest BCUT2D eigenvalue weighted by Crippen LogP contribution is -2.11. The van der Waals surface area contributed by atoms with Crippen LogP contribution < -0.4 is 10.1 Å². The van der Waals surface area contributed by atoms with Gasteiger partial charge in [0.05, 0.1) is 12.8 Å². The lowest BCUT2D eigenvalue weighted by molar-refractivity contribution is 0.102. The van der Waals surface area contributed by atoms with Crippen molar-refractivity contribution in [1.29, 1.82) is 0 Å². The summed E-state index contributed by atoms with van der Waals surface area (Å²) in [5, 5.41) is 5.45. The molecule has 136 valence electrons. The van der Waals surface area contributed by atoms with Gasteiger partial charge in [0.2, 0.25) is 0 Å². The van der Waals surface area contributed by atoms with E-state index in [1.54, 1.807) is 25.3 Å². The zero-order valence-corrected chi connectivity index (χ0v) is 16.3. The van der Waals surface area contributed by atoms with Gasteiger partial charge < -0.3 is 9.30 Å². The molecule has 26 heavy (non-hydrogen) atoms. The SMILES string of the molecule is CCCn1c(C)cc(-c2csc(NC(=O)c3cccc(OC)c3)n2)c1C. The first-order valence-electron chi connectivity index (χ1n) is 8.61. The third-order valence-electron chi connectivity index (χ3n) is 4.35. The zero-order valence-electron chi connectivity index (χ0n) is 15.5. The normalized spacial score (nSPS) is 10.8. The molecule has 2 aromatic heterocycles. The number of carbonyl (C=O) groups excluding carboxylic acids is 1. The number of amides is 1. The van der Waals surface area contributed by atoms with Gasteiger partial charge in [-0.05, 0) is 44.5 Å². The molecule has 0 aliphatic heterocycles. The van der Waals surface area contributed by atoms with E-state index in [9.17, 15) is 4.79 Å². The molecule has 0 unspecified atom stereocenters. The monoisotopic (exact) mass is 369 g/mol. The second-order valence-corrected chi connectivity index (χ2v) is 7.02. The highest BCUT2D eigenvalue weighted by Gasteiger charge is 2.15. The smallest absolute Gasteiger partial charge is 0.257 e. The molecule has 0 saturated heterocycles. The molecule has 5 nitrogen and oxygen atoms in total. The van der Waals surface area contributed by atoms with Crippen LogP contribution in [0, 0.1) is 13.8 Å². The van der Waals surface area contributed by atoms with E-state index in [0.717, 1.165) is 24.2 Å². The number of nitrogens with zero attached hydrogens (tertiary/aromatic N) is 2. The van der Waals surface area contributed by atoms with Crippen LogP contribution in [0.4, 0.5) is 5.13 Å². The predicted molar refractivity (Wildman–Crippen MR) is 106 cm³/mol. The van der Waals surface area contributed by atoms with Crippen LogP contribution in [0.2, 0.25) is 0 Å². The lowest BCUT2D eigenvalue weighted by atomic mass is 10.2. The fraction of sp³-hybridized carbons (Fsp3) is 0.300. The Morgan fingerprint density at radius 1 is 1.31 bits per heavy atom. The average Bonchev–Trinajstić information content (AvgIpc) is 3.21. The third-order valence-corrected chi connectivity index (χ3v) is 5.11. The van der Waals surface area contributed by atoms with Crippen LogP contribution in [0.25, 0.3) is 11.3 Å². The number of carbonyl (C=O) groups is 1. The number of aromatic nitrogens is 2. The van der Waals surface area contributed by atoms with E-state index in [4.69, 9.17) is 4.74 Å². The van der Waals surface area contributed by atoms with E-state index >= 15 is 0 Å². The summed E-state index contributed by atoms with van der Waals surface area (Å²) >= 11 is 1.43. The van der Waals surface area contributed by atoms with E-state index in [2.05, 4.69) is 41.7 Å². The Hall–Kier alpha value is -2.60. The van der Waals surface area contributed by atoms with E-state index in [1.165, 1.54) is 22.7 Å². The number of methoxy groups -OCH3 is 1. The van der Waals surface area contributed by atoms with Crippen molar-refractivity contribution in [1.82, 2.24) is 9.55 Å². The molecule has 6 heteroatoms. The standard InChI is InChI=1S/C20H23N3O2S/c1-5-9-23-13(2)10-17(14(23)3)18-12-26-20(21-18)22-19(24)15-7-6-8-16(11-15)25-4/h6-8,10-12H,5,9H2,1-4H3,(H,21,22,24). The minimum Gasteiger partial charge on any atom is -0.497 e. The maximum absolute atomic E-state index is 12.4. The van der Waals surface area contributed by atoms with Crippen LogP contribution in [0.1, 0.15) is 35.1 Å². The van der Waals surface area contributed by atoms with E-state index in [-0.39, 0.29) is 5.91 Å².